The van der Waals surface area contributed by atoms with Gasteiger partial charge in [-0.05, 0) is 42.8 Å². The molecule has 45 heavy (non-hydrogen) atoms. The van der Waals surface area contributed by atoms with E-state index >= 15 is 4.39 Å². The summed E-state index contributed by atoms with van der Waals surface area (Å²) in [5.41, 5.74) is 4.24. The summed E-state index contributed by atoms with van der Waals surface area (Å²) in [5, 5.41) is 12.5. The van der Waals surface area contributed by atoms with Crippen LogP contribution in [-0.2, 0) is 4.79 Å². The summed E-state index contributed by atoms with van der Waals surface area (Å²) in [6.07, 6.45) is 4.70. The number of nitrogens with one attached hydrogen (secondary N) is 1. The molecule has 1 aromatic carbocycles. The number of benzene rings is 1. The standard InChI is InChI=1S/C31H28Cl2F3N7O2/c1-5-19(44)41-8-10-42(11-9-41)29-16-12-18(32)27(20-22(34)23(35)21(33)24(36)25(20)38)40-30(16)43(31(45)17(29)13-37)28-15(4)6-7-39-26(28)14(2)3/h5-7,12,14,26,39H,1,8-11,38H2,2-4H3. The van der Waals surface area contributed by atoms with E-state index in [1.165, 1.54) is 16.7 Å². The zero-order valence-electron chi connectivity index (χ0n) is 24.5. The molecule has 9 nitrogen and oxygen atoms in total. The molecule has 1 atom stereocenters. The van der Waals surface area contributed by atoms with E-state index in [2.05, 4.69) is 16.9 Å². The molecule has 2 aliphatic heterocycles. The summed E-state index contributed by atoms with van der Waals surface area (Å²) >= 11 is 12.3. The molecule has 234 valence electrons. The van der Waals surface area contributed by atoms with Crippen molar-refractivity contribution in [1.82, 2.24) is 19.8 Å². The van der Waals surface area contributed by atoms with E-state index in [1.807, 2.05) is 19.9 Å². The Bertz CT molecular complexity index is 1910. The molecule has 1 unspecified atom stereocenters. The largest absolute Gasteiger partial charge is 0.396 e. The number of hydrogen-bond acceptors (Lipinski definition) is 7. The molecule has 2 aromatic heterocycles. The summed E-state index contributed by atoms with van der Waals surface area (Å²) in [4.78, 5) is 34.5. The smallest absolute Gasteiger partial charge is 0.276 e. The number of carbonyl (C=O) groups excluding carboxylic acids is 1. The highest BCUT2D eigenvalue weighted by molar-refractivity contribution is 6.34. The molecule has 1 amide bonds. The van der Waals surface area contributed by atoms with Gasteiger partial charge in [-0.1, -0.05) is 43.6 Å². The zero-order chi connectivity index (χ0) is 32.9. The average molecular weight is 659 g/mol. The van der Waals surface area contributed by atoms with E-state index in [-0.39, 0.29) is 65.3 Å². The van der Waals surface area contributed by atoms with Gasteiger partial charge in [0.05, 0.1) is 39.4 Å². The molecule has 14 heteroatoms. The molecule has 1 fully saturated rings. The van der Waals surface area contributed by atoms with E-state index in [4.69, 9.17) is 28.9 Å². The maximum Gasteiger partial charge on any atom is 0.276 e. The van der Waals surface area contributed by atoms with Crippen molar-refractivity contribution in [3.05, 3.63) is 80.0 Å². The van der Waals surface area contributed by atoms with Gasteiger partial charge in [-0.3, -0.25) is 14.2 Å². The highest BCUT2D eigenvalue weighted by Gasteiger charge is 2.33. The summed E-state index contributed by atoms with van der Waals surface area (Å²) in [6.45, 7) is 10.2. The zero-order valence-corrected chi connectivity index (χ0v) is 26.0. The molecule has 3 N–H and O–H groups in total. The quantitative estimate of drug-likeness (QED) is 0.162. The predicted molar refractivity (Wildman–Crippen MR) is 169 cm³/mol. The minimum atomic E-state index is -1.68. The van der Waals surface area contributed by atoms with Gasteiger partial charge in [0, 0.05) is 31.6 Å². The number of amides is 1. The highest BCUT2D eigenvalue weighted by Crippen LogP contribution is 2.42. The molecular weight excluding hydrogens is 630 g/mol. The van der Waals surface area contributed by atoms with Gasteiger partial charge in [-0.25, -0.2) is 18.2 Å². The van der Waals surface area contributed by atoms with Gasteiger partial charge in [-0.15, -0.1) is 0 Å². The highest BCUT2D eigenvalue weighted by atomic mass is 35.5. The van der Waals surface area contributed by atoms with Crippen LogP contribution < -0.4 is 21.5 Å². The summed E-state index contributed by atoms with van der Waals surface area (Å²) < 4.78 is 46.1. The number of nitriles is 1. The topological polar surface area (TPSA) is 120 Å². The maximum atomic E-state index is 15.4. The van der Waals surface area contributed by atoms with E-state index < -0.39 is 51.0 Å². The Labute approximate surface area is 266 Å². The van der Waals surface area contributed by atoms with Gasteiger partial charge < -0.3 is 20.9 Å². The third-order valence-corrected chi connectivity index (χ3v) is 8.65. The number of fused-ring (bicyclic) bond motifs is 1. The van der Waals surface area contributed by atoms with Crippen LogP contribution in [0, 0.1) is 34.7 Å². The predicted octanol–water partition coefficient (Wildman–Crippen LogP) is 5.45. The van der Waals surface area contributed by atoms with Gasteiger partial charge >= 0.3 is 0 Å². The van der Waals surface area contributed by atoms with Crippen LogP contribution in [0.15, 0.2) is 41.4 Å². The lowest BCUT2D eigenvalue weighted by Crippen LogP contribution is -2.49. The van der Waals surface area contributed by atoms with Gasteiger partial charge in [0.25, 0.3) is 5.56 Å². The number of nitrogens with two attached hydrogens (primary N) is 1. The molecule has 5 rings (SSSR count). The molecule has 0 bridgehead atoms. The Morgan fingerprint density at radius 1 is 1.20 bits per heavy atom. The lowest BCUT2D eigenvalue weighted by atomic mass is 9.94. The lowest BCUT2D eigenvalue weighted by Gasteiger charge is -2.37. The molecule has 1 saturated heterocycles. The van der Waals surface area contributed by atoms with Crippen molar-refractivity contribution >= 4 is 57.2 Å². The van der Waals surface area contributed by atoms with Gasteiger partial charge in [-0.2, -0.15) is 5.26 Å². The van der Waals surface area contributed by atoms with Gasteiger partial charge in [0.1, 0.15) is 22.3 Å². The third kappa shape index (κ3) is 5.19. The molecule has 3 aromatic rings. The minimum Gasteiger partial charge on any atom is -0.396 e. The number of carbonyl (C=O) groups is 1. The van der Waals surface area contributed by atoms with Crippen molar-refractivity contribution in [2.75, 3.05) is 36.8 Å². The van der Waals surface area contributed by atoms with Crippen LogP contribution in [0.2, 0.25) is 10.0 Å². The third-order valence-electron chi connectivity index (χ3n) is 8.03. The van der Waals surface area contributed by atoms with Gasteiger partial charge in [0.15, 0.2) is 17.5 Å². The molecule has 2 aliphatic rings. The van der Waals surface area contributed by atoms with E-state index in [9.17, 15) is 23.6 Å². The first kappa shape index (κ1) is 31.9. The minimum absolute atomic E-state index is 0.0512. The Morgan fingerprint density at radius 3 is 2.47 bits per heavy atom. The Kier molecular flexibility index (Phi) is 8.62. The van der Waals surface area contributed by atoms with Crippen LogP contribution in [0.1, 0.15) is 26.3 Å². The number of hydrogen-bond donors (Lipinski definition) is 2. The number of pyridine rings is 2. The van der Waals surface area contributed by atoms with Crippen molar-refractivity contribution in [1.29, 1.82) is 5.26 Å². The number of piperazine rings is 1. The second-order valence-corrected chi connectivity index (χ2v) is 11.8. The Morgan fingerprint density at radius 2 is 1.87 bits per heavy atom. The number of aromatic nitrogens is 2. The Balaban J connectivity index is 1.90. The molecule has 0 radical (unpaired) electrons. The molecule has 0 saturated carbocycles. The Hall–Kier alpha value is -4.47. The number of allylic oxidation sites excluding steroid dienone is 2. The number of rotatable bonds is 5. The van der Waals surface area contributed by atoms with Crippen LogP contribution in [0.4, 0.5) is 24.5 Å². The van der Waals surface area contributed by atoms with Crippen molar-refractivity contribution in [3.63, 3.8) is 0 Å². The van der Waals surface area contributed by atoms with Crippen molar-refractivity contribution in [2.45, 2.75) is 26.8 Å². The first-order valence-corrected chi connectivity index (χ1v) is 14.7. The van der Waals surface area contributed by atoms with E-state index in [0.717, 1.165) is 0 Å². The second-order valence-electron chi connectivity index (χ2n) is 11.0. The van der Waals surface area contributed by atoms with Gasteiger partial charge in [0.2, 0.25) is 5.91 Å². The first-order valence-electron chi connectivity index (χ1n) is 13.9. The SMILES string of the molecule is C=CC(=O)N1CCN(c2c(C#N)c(=O)n(C3=C(C)C=CNC3C(C)C)c3nc(-c4c(N)c(F)c(Cl)c(F)c4F)c(Cl)cc23)CC1. The monoisotopic (exact) mass is 657 g/mol. The lowest BCUT2D eigenvalue weighted by molar-refractivity contribution is -0.126. The normalized spacial score (nSPS) is 16.8. The van der Waals surface area contributed by atoms with Crippen LogP contribution >= 0.6 is 23.2 Å². The van der Waals surface area contributed by atoms with Crippen molar-refractivity contribution < 1.29 is 18.0 Å². The van der Waals surface area contributed by atoms with Crippen molar-refractivity contribution in [2.24, 2.45) is 5.92 Å². The fraction of sp³-hybridized carbons (Fsp3) is 0.290. The van der Waals surface area contributed by atoms with E-state index in [0.29, 0.717) is 11.3 Å². The number of anilines is 2. The summed E-state index contributed by atoms with van der Waals surface area (Å²) in [5.74, 6) is -4.96. The summed E-state index contributed by atoms with van der Waals surface area (Å²) in [7, 11) is 0. The van der Waals surface area contributed by atoms with Crippen LogP contribution in [0.3, 0.4) is 0 Å². The van der Waals surface area contributed by atoms with Crippen LogP contribution in [0.5, 0.6) is 0 Å². The number of halogens is 5. The van der Waals surface area contributed by atoms with Crippen LogP contribution in [0.25, 0.3) is 28.0 Å². The number of nitrogens with zero attached hydrogens (tertiary/aromatic N) is 5. The second kappa shape index (κ2) is 12.1. The molecule has 0 spiro atoms. The maximum absolute atomic E-state index is 15.4. The first-order chi connectivity index (χ1) is 21.3. The number of dihydropyridines is 1. The van der Waals surface area contributed by atoms with E-state index in [1.54, 1.807) is 29.0 Å². The fourth-order valence-corrected chi connectivity index (χ4v) is 6.20. The number of nitrogen functional groups attached to an aromatic ring is 1. The molecule has 0 aliphatic carbocycles. The van der Waals surface area contributed by atoms with Crippen LogP contribution in [-0.4, -0.2) is 52.6 Å². The van der Waals surface area contributed by atoms with Crippen molar-refractivity contribution in [3.8, 4) is 17.3 Å². The summed E-state index contributed by atoms with van der Waals surface area (Å²) in [6, 6.07) is 2.99. The fourth-order valence-electron chi connectivity index (χ4n) is 5.77. The molecular formula is C31H28Cl2F3N7O2. The molecule has 4 heterocycles. The average Bonchev–Trinajstić information content (AvgIpc) is 3.02.